The Morgan fingerprint density at radius 1 is 0.524 bits per heavy atom. The predicted molar refractivity (Wildman–Crippen MR) is 259 cm³/mol. The van der Waals surface area contributed by atoms with Crippen LogP contribution in [-0.4, -0.2) is 0 Å². The Kier molecular flexibility index (Phi) is 7.84. The first-order valence-corrected chi connectivity index (χ1v) is 22.4. The Morgan fingerprint density at radius 3 is 1.92 bits per heavy atom. The summed E-state index contributed by atoms with van der Waals surface area (Å²) in [6, 6.07) is 59.1. The Labute approximate surface area is 371 Å². The van der Waals surface area contributed by atoms with Crippen LogP contribution in [0.2, 0.25) is 0 Å². The first kappa shape index (κ1) is 37.8. The van der Waals surface area contributed by atoms with E-state index in [0.717, 1.165) is 11.4 Å². The molecule has 8 aromatic rings. The molecule has 4 nitrogen and oxygen atoms in total. The number of rotatable bonds is 4. The molecule has 0 N–H and O–H groups in total. The minimum absolute atomic E-state index is 0.0960. The van der Waals surface area contributed by atoms with Crippen molar-refractivity contribution in [3.05, 3.63) is 197 Å². The van der Waals surface area contributed by atoms with E-state index in [-0.39, 0.29) is 17.0 Å². The topological polar surface area (TPSA) is 19.6 Å². The molecule has 4 heteroatoms. The van der Waals surface area contributed by atoms with Gasteiger partial charge in [-0.3, -0.25) is 0 Å². The Hall–Kier alpha value is -6.91. The number of para-hydroxylation sites is 1. The second-order valence-electron chi connectivity index (χ2n) is 20.2. The van der Waals surface area contributed by atoms with Gasteiger partial charge in [0.1, 0.15) is 17.5 Å². The van der Waals surface area contributed by atoms with Crippen LogP contribution in [0.4, 0.5) is 17.1 Å². The average molecular weight is 819 g/mol. The molecule has 2 atom stereocenters. The summed E-state index contributed by atoms with van der Waals surface area (Å²) < 4.78 is 10.6. The second kappa shape index (κ2) is 13.1. The molecule has 0 amide bonds. The summed E-state index contributed by atoms with van der Waals surface area (Å²) in [6.07, 6.45) is 2.06. The highest BCUT2D eigenvalue weighted by atomic mass is 16.5. The van der Waals surface area contributed by atoms with E-state index in [4.69, 9.17) is 4.74 Å². The lowest BCUT2D eigenvalue weighted by molar-refractivity contribution is -0.774. The molecule has 4 aliphatic heterocycles. The Morgan fingerprint density at radius 2 is 1.21 bits per heavy atom. The van der Waals surface area contributed by atoms with Crippen molar-refractivity contribution in [2.24, 2.45) is 0 Å². The minimum atomic E-state index is -1.04. The molecule has 1 aromatic heterocycles. The standard InChI is InChI=1S/C59H52N3O/c1-36-22-25-39(26-23-36)41-28-29-60-52(33-41)47-32-42(38-16-11-9-12-17-38)31-46-44-20-15-21-51-54(44)62-56(61(51)50-27-24-37(2)30-45(50)40-18-13-10-14-19-40)48-34-43(57(3,4)5)35-49(58(6,7)8)55(48)63-59(60,62)53(46)47/h9-35,56H,1-8H3/q+1. The van der Waals surface area contributed by atoms with Crippen LogP contribution in [-0.2, 0) is 16.7 Å². The van der Waals surface area contributed by atoms with E-state index in [1.54, 1.807) is 0 Å². The number of nitrogens with zero attached hydrogens (tertiary/aromatic N) is 3. The minimum Gasteiger partial charge on any atom is -0.410 e. The van der Waals surface area contributed by atoms with Crippen LogP contribution in [0, 0.1) is 13.8 Å². The number of anilines is 3. The fourth-order valence-corrected chi connectivity index (χ4v) is 10.8. The lowest BCUT2D eigenvalue weighted by Gasteiger charge is -2.49. The van der Waals surface area contributed by atoms with Gasteiger partial charge in [0.2, 0.25) is 5.69 Å². The summed E-state index contributed by atoms with van der Waals surface area (Å²) in [4.78, 5) is 5.30. The number of aryl methyl sites for hydroxylation is 2. The highest BCUT2D eigenvalue weighted by molar-refractivity contribution is 6.03. The number of hydrogen-bond donors (Lipinski definition) is 0. The molecule has 0 fully saturated rings. The average Bonchev–Trinajstić information content (AvgIpc) is 3.77. The monoisotopic (exact) mass is 818 g/mol. The van der Waals surface area contributed by atoms with Crippen LogP contribution in [0.25, 0.3) is 55.8 Å². The summed E-state index contributed by atoms with van der Waals surface area (Å²) in [7, 11) is 0. The molecule has 5 heterocycles. The number of fused-ring (bicyclic) bond motifs is 5. The molecule has 63 heavy (non-hydrogen) atoms. The van der Waals surface area contributed by atoms with Gasteiger partial charge in [-0.05, 0) is 94.5 Å². The molecule has 2 unspecified atom stereocenters. The third-order valence-electron chi connectivity index (χ3n) is 13.9. The molecular weight excluding hydrogens is 767 g/mol. The van der Waals surface area contributed by atoms with Crippen LogP contribution in [0.3, 0.4) is 0 Å². The van der Waals surface area contributed by atoms with Gasteiger partial charge in [-0.2, -0.15) is 0 Å². The van der Waals surface area contributed by atoms with Crippen molar-refractivity contribution < 1.29 is 9.30 Å². The Bertz CT molecular complexity index is 3190. The first-order valence-electron chi connectivity index (χ1n) is 22.4. The smallest absolute Gasteiger partial charge is 0.410 e. The summed E-state index contributed by atoms with van der Waals surface area (Å²) in [5, 5.41) is 0. The van der Waals surface area contributed by atoms with Gasteiger partial charge in [-0.15, -0.1) is 4.57 Å². The zero-order valence-electron chi connectivity index (χ0n) is 37.4. The van der Waals surface area contributed by atoms with Crippen molar-refractivity contribution in [3.63, 3.8) is 0 Å². The normalized spacial score (nSPS) is 17.5. The van der Waals surface area contributed by atoms with Gasteiger partial charge in [0.15, 0.2) is 6.20 Å². The third-order valence-corrected chi connectivity index (χ3v) is 13.9. The van der Waals surface area contributed by atoms with Gasteiger partial charge in [0, 0.05) is 39.9 Å². The van der Waals surface area contributed by atoms with Crippen molar-refractivity contribution in [2.75, 3.05) is 9.80 Å². The van der Waals surface area contributed by atoms with Crippen LogP contribution >= 0.6 is 0 Å². The fraction of sp³-hybridized carbons (Fsp3) is 0.203. The van der Waals surface area contributed by atoms with Crippen LogP contribution < -0.4 is 19.1 Å². The molecule has 12 rings (SSSR count). The van der Waals surface area contributed by atoms with Gasteiger partial charge in [-0.1, -0.05) is 162 Å². The van der Waals surface area contributed by atoms with Crippen molar-refractivity contribution in [1.82, 2.24) is 0 Å². The Balaban J connectivity index is 1.24. The lowest BCUT2D eigenvalue weighted by Crippen LogP contribution is -2.71. The second-order valence-corrected chi connectivity index (χ2v) is 20.2. The first-order chi connectivity index (χ1) is 30.3. The SMILES string of the molecule is Cc1ccc(-c2cc[n+]3c(c2)-c2cc(-c4ccccc4)cc4c2C32Oc3c(cc(C(C)(C)C)cc3C(C)(C)C)C3N(c5ccc(C)cc5-c5ccccc5)c5cccc-4c5N32)cc1. The number of aromatic nitrogens is 1. The van der Waals surface area contributed by atoms with Crippen LogP contribution in [0.5, 0.6) is 5.75 Å². The van der Waals surface area contributed by atoms with Gasteiger partial charge >= 0.3 is 5.85 Å². The summed E-state index contributed by atoms with van der Waals surface area (Å²) in [6.45, 7) is 18.4. The van der Waals surface area contributed by atoms with Crippen molar-refractivity contribution in [1.29, 1.82) is 0 Å². The highest BCUT2D eigenvalue weighted by Gasteiger charge is 2.70. The molecule has 4 aliphatic rings. The van der Waals surface area contributed by atoms with Crippen molar-refractivity contribution in [3.8, 4) is 61.5 Å². The molecule has 0 aliphatic carbocycles. The fourth-order valence-electron chi connectivity index (χ4n) is 10.8. The number of pyridine rings is 1. The summed E-state index contributed by atoms with van der Waals surface area (Å²) in [5.41, 5.74) is 22.6. The van der Waals surface area contributed by atoms with Crippen LogP contribution in [0.1, 0.15) is 81.1 Å². The molecule has 0 radical (unpaired) electrons. The molecule has 0 bridgehead atoms. The number of benzene rings is 7. The molecule has 308 valence electrons. The van der Waals surface area contributed by atoms with E-state index >= 15 is 0 Å². The van der Waals surface area contributed by atoms with Gasteiger partial charge in [-0.25, -0.2) is 4.90 Å². The predicted octanol–water partition coefficient (Wildman–Crippen LogP) is 14.6. The lowest BCUT2D eigenvalue weighted by atomic mass is 9.77. The molecule has 7 aromatic carbocycles. The van der Waals surface area contributed by atoms with Crippen LogP contribution in [0.15, 0.2) is 164 Å². The quantitative estimate of drug-likeness (QED) is 0.165. The molecule has 0 saturated heterocycles. The van der Waals surface area contributed by atoms with Gasteiger partial charge in [0.05, 0.1) is 22.6 Å². The maximum Gasteiger partial charge on any atom is 0.432 e. The molecule has 0 saturated carbocycles. The van der Waals surface area contributed by atoms with E-state index in [2.05, 4.69) is 234 Å². The van der Waals surface area contributed by atoms with Crippen molar-refractivity contribution >= 4 is 17.1 Å². The number of hydrogen-bond acceptors (Lipinski definition) is 3. The third kappa shape index (κ3) is 5.37. The summed E-state index contributed by atoms with van der Waals surface area (Å²) >= 11 is 0. The van der Waals surface area contributed by atoms with E-state index in [1.807, 2.05) is 0 Å². The van der Waals surface area contributed by atoms with E-state index < -0.39 is 5.85 Å². The van der Waals surface area contributed by atoms with Gasteiger partial charge in [0.25, 0.3) is 0 Å². The highest BCUT2D eigenvalue weighted by Crippen LogP contribution is 2.68. The molecular formula is C59H52N3O+. The maximum atomic E-state index is 8.15. The number of ether oxygens (including phenoxy) is 1. The van der Waals surface area contributed by atoms with Gasteiger partial charge < -0.3 is 9.64 Å². The molecule has 1 spiro atoms. The largest absolute Gasteiger partial charge is 0.432 e. The summed E-state index contributed by atoms with van der Waals surface area (Å²) in [5.74, 6) is -0.0735. The zero-order valence-corrected chi connectivity index (χ0v) is 37.4. The zero-order chi connectivity index (χ0) is 43.2. The van der Waals surface area contributed by atoms with E-state index in [9.17, 15) is 0 Å². The van der Waals surface area contributed by atoms with E-state index in [1.165, 1.54) is 101 Å². The maximum absolute atomic E-state index is 8.15. The van der Waals surface area contributed by atoms with Crippen molar-refractivity contribution in [2.45, 2.75) is 78.2 Å². The van der Waals surface area contributed by atoms with E-state index in [0.29, 0.717) is 0 Å².